The summed E-state index contributed by atoms with van der Waals surface area (Å²) in [5.74, 6) is 1.89. The molecule has 7 nitrogen and oxygen atoms in total. The highest BCUT2D eigenvalue weighted by Gasteiger charge is 2.31. The van der Waals surface area contributed by atoms with E-state index in [1.54, 1.807) is 17.0 Å². The van der Waals surface area contributed by atoms with Crippen LogP contribution in [0.25, 0.3) is 10.9 Å². The molecule has 0 saturated heterocycles. The van der Waals surface area contributed by atoms with Gasteiger partial charge in [0.05, 0.1) is 12.1 Å². The molecule has 1 N–H and O–H groups in total. The minimum absolute atomic E-state index is 0.190. The third kappa shape index (κ3) is 2.42. The second-order valence-electron chi connectivity index (χ2n) is 6.96. The van der Waals surface area contributed by atoms with Crippen LogP contribution in [-0.2, 0) is 13.0 Å². The van der Waals surface area contributed by atoms with Gasteiger partial charge in [-0.05, 0) is 18.9 Å². The molecule has 7 heteroatoms. The minimum Gasteiger partial charge on any atom is -0.445 e. The highest BCUT2D eigenvalue weighted by molar-refractivity contribution is 6.04. The van der Waals surface area contributed by atoms with Crippen LogP contribution in [0.5, 0.6) is 0 Å². The van der Waals surface area contributed by atoms with Crippen LogP contribution in [0.2, 0.25) is 0 Å². The highest BCUT2D eigenvalue weighted by atomic mass is 16.4. The molecule has 3 aromatic rings. The molecule has 1 aromatic carbocycles. The summed E-state index contributed by atoms with van der Waals surface area (Å²) in [5.41, 5.74) is 1.12. The summed E-state index contributed by atoms with van der Waals surface area (Å²) in [6.45, 7) is 0.932. The van der Waals surface area contributed by atoms with Gasteiger partial charge in [-0.1, -0.05) is 24.6 Å². The smallest absolute Gasteiger partial charge is 0.346 e. The quantitative estimate of drug-likeness (QED) is 0.766. The van der Waals surface area contributed by atoms with Crippen LogP contribution in [-0.4, -0.2) is 32.3 Å². The lowest BCUT2D eigenvalue weighted by atomic mass is 9.85. The average molecular weight is 350 g/mol. The predicted molar refractivity (Wildman–Crippen MR) is 93.9 cm³/mol. The molecule has 1 amide bonds. The monoisotopic (exact) mass is 350 g/mol. The molecule has 1 saturated carbocycles. The predicted octanol–water partition coefficient (Wildman–Crippen LogP) is 2.38. The lowest BCUT2D eigenvalue weighted by Gasteiger charge is -2.25. The Labute approximate surface area is 149 Å². The van der Waals surface area contributed by atoms with Crippen LogP contribution in [0.3, 0.4) is 0 Å². The standard InChI is InChI=1S/C19H18N4O3/c24-18(16-12-6-1-2-7-13(12)21-19(25)22-16)23-9-8-15-14(10-23)20-17(26-15)11-4-3-5-11/h1-2,6-7,11H,3-5,8-10H2,(H,21,22,25). The zero-order valence-electron chi connectivity index (χ0n) is 14.2. The van der Waals surface area contributed by atoms with Gasteiger partial charge >= 0.3 is 5.69 Å². The topological polar surface area (TPSA) is 92.1 Å². The largest absolute Gasteiger partial charge is 0.445 e. The number of oxazole rings is 1. The maximum atomic E-state index is 13.0. The number of hydrogen-bond acceptors (Lipinski definition) is 5. The van der Waals surface area contributed by atoms with Crippen molar-refractivity contribution in [1.82, 2.24) is 19.9 Å². The van der Waals surface area contributed by atoms with E-state index in [2.05, 4.69) is 15.0 Å². The van der Waals surface area contributed by atoms with E-state index in [0.29, 0.717) is 36.3 Å². The number of nitrogens with zero attached hydrogens (tertiary/aromatic N) is 3. The van der Waals surface area contributed by atoms with E-state index >= 15 is 0 Å². The van der Waals surface area contributed by atoms with Crippen LogP contribution >= 0.6 is 0 Å². The first-order valence-corrected chi connectivity index (χ1v) is 8.96. The summed E-state index contributed by atoms with van der Waals surface area (Å²) in [6, 6.07) is 7.21. The Morgan fingerprint density at radius 3 is 2.88 bits per heavy atom. The van der Waals surface area contributed by atoms with Crippen molar-refractivity contribution in [2.45, 2.75) is 38.1 Å². The van der Waals surface area contributed by atoms with Gasteiger partial charge in [0, 0.05) is 24.3 Å². The number of benzene rings is 1. The number of carbonyl (C=O) groups excluding carboxylic acids is 1. The van der Waals surface area contributed by atoms with Crippen molar-refractivity contribution in [2.75, 3.05) is 6.54 Å². The molecular formula is C19H18N4O3. The number of fused-ring (bicyclic) bond motifs is 2. The summed E-state index contributed by atoms with van der Waals surface area (Å²) in [6.07, 6.45) is 4.13. The van der Waals surface area contributed by atoms with Gasteiger partial charge in [0.1, 0.15) is 17.1 Å². The molecule has 3 heterocycles. The lowest BCUT2D eigenvalue weighted by Crippen LogP contribution is -2.37. The van der Waals surface area contributed by atoms with E-state index in [1.165, 1.54) is 6.42 Å². The fourth-order valence-electron chi connectivity index (χ4n) is 3.64. The Kier molecular flexibility index (Phi) is 3.41. The van der Waals surface area contributed by atoms with Gasteiger partial charge in [-0.15, -0.1) is 0 Å². The van der Waals surface area contributed by atoms with Crippen molar-refractivity contribution in [3.8, 4) is 0 Å². The van der Waals surface area contributed by atoms with Crippen LogP contribution < -0.4 is 5.69 Å². The Bertz CT molecular complexity index is 1060. The summed E-state index contributed by atoms with van der Waals surface area (Å²) in [4.78, 5) is 37.8. The molecular weight excluding hydrogens is 332 g/mol. The summed E-state index contributed by atoms with van der Waals surface area (Å²) in [7, 11) is 0. The van der Waals surface area contributed by atoms with E-state index in [4.69, 9.17) is 4.42 Å². The second-order valence-corrected chi connectivity index (χ2v) is 6.96. The molecule has 26 heavy (non-hydrogen) atoms. The van der Waals surface area contributed by atoms with Crippen molar-refractivity contribution in [3.05, 3.63) is 57.8 Å². The fraction of sp³-hybridized carbons (Fsp3) is 0.368. The Morgan fingerprint density at radius 2 is 2.08 bits per heavy atom. The zero-order chi connectivity index (χ0) is 17.7. The Hall–Kier alpha value is -2.96. The van der Waals surface area contributed by atoms with Crippen LogP contribution in [0.15, 0.2) is 33.5 Å². The van der Waals surface area contributed by atoms with E-state index in [9.17, 15) is 9.59 Å². The number of H-pyrrole nitrogens is 1. The molecule has 0 unspecified atom stereocenters. The van der Waals surface area contributed by atoms with Crippen molar-refractivity contribution in [1.29, 1.82) is 0 Å². The molecule has 2 aliphatic rings. The number of aromatic nitrogens is 3. The molecule has 0 spiro atoms. The zero-order valence-corrected chi connectivity index (χ0v) is 14.2. The Balaban J connectivity index is 1.47. The maximum absolute atomic E-state index is 13.0. The van der Waals surface area contributed by atoms with Crippen molar-refractivity contribution < 1.29 is 9.21 Å². The molecule has 1 fully saturated rings. The molecule has 5 rings (SSSR count). The van der Waals surface area contributed by atoms with E-state index in [0.717, 1.165) is 30.2 Å². The highest BCUT2D eigenvalue weighted by Crippen LogP contribution is 2.37. The minimum atomic E-state index is -0.515. The Morgan fingerprint density at radius 1 is 1.23 bits per heavy atom. The lowest BCUT2D eigenvalue weighted by molar-refractivity contribution is 0.0723. The fourth-order valence-corrected chi connectivity index (χ4v) is 3.64. The first-order valence-electron chi connectivity index (χ1n) is 8.96. The number of rotatable bonds is 2. The maximum Gasteiger partial charge on any atom is 0.346 e. The van der Waals surface area contributed by atoms with Crippen LogP contribution in [0, 0.1) is 0 Å². The summed E-state index contributed by atoms with van der Waals surface area (Å²) in [5, 5.41) is 0.651. The van der Waals surface area contributed by atoms with Gasteiger partial charge < -0.3 is 14.3 Å². The summed E-state index contributed by atoms with van der Waals surface area (Å²) < 4.78 is 5.91. The third-order valence-corrected chi connectivity index (χ3v) is 5.33. The van der Waals surface area contributed by atoms with Gasteiger partial charge in [0.2, 0.25) is 0 Å². The first kappa shape index (κ1) is 15.3. The van der Waals surface area contributed by atoms with Gasteiger partial charge in [0.15, 0.2) is 5.89 Å². The van der Waals surface area contributed by atoms with Gasteiger partial charge in [0.25, 0.3) is 5.91 Å². The summed E-state index contributed by atoms with van der Waals surface area (Å²) >= 11 is 0. The van der Waals surface area contributed by atoms with Crippen molar-refractivity contribution >= 4 is 16.8 Å². The molecule has 0 atom stereocenters. The SMILES string of the molecule is O=C(c1nc(=O)[nH]c2ccccc12)N1CCc2oc(C3CCC3)nc2C1. The average Bonchev–Trinajstić information content (AvgIpc) is 3.01. The number of carbonyl (C=O) groups is 1. The van der Waals surface area contributed by atoms with Gasteiger partial charge in [-0.25, -0.2) is 9.78 Å². The molecule has 0 bridgehead atoms. The third-order valence-electron chi connectivity index (χ3n) is 5.33. The van der Waals surface area contributed by atoms with Gasteiger partial charge in [-0.3, -0.25) is 4.79 Å². The molecule has 0 radical (unpaired) electrons. The van der Waals surface area contributed by atoms with Crippen molar-refractivity contribution in [3.63, 3.8) is 0 Å². The van der Waals surface area contributed by atoms with E-state index in [-0.39, 0.29) is 11.6 Å². The number of aromatic amines is 1. The number of nitrogens with one attached hydrogen (secondary N) is 1. The number of amides is 1. The van der Waals surface area contributed by atoms with E-state index in [1.807, 2.05) is 12.1 Å². The normalized spacial score (nSPS) is 17.2. The number of hydrogen-bond donors (Lipinski definition) is 1. The molecule has 132 valence electrons. The molecule has 1 aliphatic carbocycles. The van der Waals surface area contributed by atoms with Crippen LogP contribution in [0.4, 0.5) is 0 Å². The molecule has 1 aliphatic heterocycles. The number of para-hydroxylation sites is 1. The van der Waals surface area contributed by atoms with Gasteiger partial charge in [-0.2, -0.15) is 4.98 Å². The first-order chi connectivity index (χ1) is 12.7. The van der Waals surface area contributed by atoms with Crippen LogP contribution in [0.1, 0.15) is 53.0 Å². The second kappa shape index (κ2) is 5.79. The van der Waals surface area contributed by atoms with E-state index < -0.39 is 5.69 Å². The van der Waals surface area contributed by atoms with Crippen molar-refractivity contribution in [2.24, 2.45) is 0 Å². The molecule has 2 aromatic heterocycles.